The van der Waals surface area contributed by atoms with Gasteiger partial charge in [-0.1, -0.05) is 5.57 Å². The van der Waals surface area contributed by atoms with Crippen LogP contribution < -0.4 is 5.32 Å². The monoisotopic (exact) mass is 388 g/mol. The van der Waals surface area contributed by atoms with Crippen LogP contribution in [0.2, 0.25) is 0 Å². The summed E-state index contributed by atoms with van der Waals surface area (Å²) < 4.78 is 52.4. The number of nitrogens with one attached hydrogen (secondary N) is 1. The fraction of sp³-hybridized carbons (Fsp3) is 0.500. The third-order valence-electron chi connectivity index (χ3n) is 3.77. The van der Waals surface area contributed by atoms with Gasteiger partial charge < -0.3 is 5.32 Å². The van der Waals surface area contributed by atoms with E-state index in [9.17, 15) is 17.6 Å². The molecule has 1 fully saturated rings. The average molecular weight is 389 g/mol. The molecule has 24 heavy (non-hydrogen) atoms. The van der Waals surface area contributed by atoms with Crippen molar-refractivity contribution < 1.29 is 17.6 Å². The molecule has 0 spiro atoms. The zero-order valence-electron chi connectivity index (χ0n) is 13.3. The van der Waals surface area contributed by atoms with Gasteiger partial charge in [-0.05, 0) is 37.1 Å². The SMILES string of the molecule is C=C(C)C[C@@H](c1cc(F)cc(C(F)(F)F)c1)N1CCNCC1.Cl.Cl. The van der Waals surface area contributed by atoms with Crippen molar-refractivity contribution in [1.29, 1.82) is 0 Å². The van der Waals surface area contributed by atoms with Crippen LogP contribution in [-0.2, 0) is 6.18 Å². The lowest BCUT2D eigenvalue weighted by Gasteiger charge is -2.35. The van der Waals surface area contributed by atoms with Crippen molar-refractivity contribution in [2.45, 2.75) is 25.6 Å². The van der Waals surface area contributed by atoms with Gasteiger partial charge in [0, 0.05) is 32.2 Å². The summed E-state index contributed by atoms with van der Waals surface area (Å²) in [5.41, 5.74) is 0.280. The normalized spacial score (nSPS) is 16.7. The lowest BCUT2D eigenvalue weighted by molar-refractivity contribution is -0.137. The Morgan fingerprint density at radius 3 is 2.29 bits per heavy atom. The van der Waals surface area contributed by atoms with E-state index in [2.05, 4.69) is 16.8 Å². The lowest BCUT2D eigenvalue weighted by Crippen LogP contribution is -2.45. The second kappa shape index (κ2) is 9.61. The zero-order valence-corrected chi connectivity index (χ0v) is 15.0. The summed E-state index contributed by atoms with van der Waals surface area (Å²) in [5.74, 6) is -0.855. The summed E-state index contributed by atoms with van der Waals surface area (Å²) in [6.07, 6.45) is -4.03. The third-order valence-corrected chi connectivity index (χ3v) is 3.77. The van der Waals surface area contributed by atoms with Gasteiger partial charge in [-0.15, -0.1) is 31.4 Å². The number of hydrogen-bond donors (Lipinski definition) is 1. The number of rotatable bonds is 4. The maximum Gasteiger partial charge on any atom is 0.416 e. The molecule has 138 valence electrons. The van der Waals surface area contributed by atoms with E-state index in [1.165, 1.54) is 6.07 Å². The highest BCUT2D eigenvalue weighted by Crippen LogP contribution is 2.34. The van der Waals surface area contributed by atoms with Crippen molar-refractivity contribution in [2.24, 2.45) is 0 Å². The van der Waals surface area contributed by atoms with Crippen LogP contribution in [0.3, 0.4) is 0 Å². The summed E-state index contributed by atoms with van der Waals surface area (Å²) in [5, 5.41) is 3.20. The highest BCUT2D eigenvalue weighted by Gasteiger charge is 2.33. The van der Waals surface area contributed by atoms with Crippen LogP contribution in [0.5, 0.6) is 0 Å². The number of hydrogen-bond acceptors (Lipinski definition) is 2. The van der Waals surface area contributed by atoms with Crippen molar-refractivity contribution in [3.63, 3.8) is 0 Å². The second-order valence-corrected chi connectivity index (χ2v) is 5.73. The number of alkyl halides is 3. The van der Waals surface area contributed by atoms with Gasteiger partial charge >= 0.3 is 6.18 Å². The van der Waals surface area contributed by atoms with Crippen molar-refractivity contribution >= 4 is 24.8 Å². The molecular formula is C16H22Cl2F4N2. The molecule has 0 aromatic heterocycles. The van der Waals surface area contributed by atoms with Gasteiger partial charge in [-0.25, -0.2) is 4.39 Å². The Morgan fingerprint density at radius 1 is 1.21 bits per heavy atom. The van der Waals surface area contributed by atoms with E-state index >= 15 is 0 Å². The van der Waals surface area contributed by atoms with E-state index in [-0.39, 0.29) is 30.9 Å². The standard InChI is InChI=1S/C16H20F4N2.2ClH/c1-11(2)7-15(22-5-3-21-4-6-22)12-8-13(16(18,19)20)10-14(17)9-12;;/h8-10,15,21H,1,3-7H2,2H3;2*1H/t15-;;/m0../s1. The molecule has 1 aromatic rings. The fourth-order valence-corrected chi connectivity index (χ4v) is 2.75. The zero-order chi connectivity index (χ0) is 16.3. The minimum absolute atomic E-state index is 0. The second-order valence-electron chi connectivity index (χ2n) is 5.73. The van der Waals surface area contributed by atoms with Crippen LogP contribution in [0, 0.1) is 5.82 Å². The van der Waals surface area contributed by atoms with Gasteiger partial charge in [-0.2, -0.15) is 13.2 Å². The molecular weight excluding hydrogens is 367 g/mol. The van der Waals surface area contributed by atoms with Gasteiger partial charge in [0.1, 0.15) is 5.82 Å². The van der Waals surface area contributed by atoms with Crippen LogP contribution in [0.15, 0.2) is 30.4 Å². The van der Waals surface area contributed by atoms with Crippen LogP contribution in [-0.4, -0.2) is 31.1 Å². The highest BCUT2D eigenvalue weighted by atomic mass is 35.5. The van der Waals surface area contributed by atoms with Gasteiger partial charge in [0.25, 0.3) is 0 Å². The Labute approximate surface area is 152 Å². The van der Waals surface area contributed by atoms with E-state index in [1.54, 1.807) is 0 Å². The van der Waals surface area contributed by atoms with Crippen LogP contribution in [0.4, 0.5) is 17.6 Å². The quantitative estimate of drug-likeness (QED) is 0.598. The number of nitrogens with zero attached hydrogens (tertiary/aromatic N) is 1. The molecule has 1 N–H and O–H groups in total. The van der Waals surface area contributed by atoms with Crippen LogP contribution in [0.25, 0.3) is 0 Å². The third kappa shape index (κ3) is 6.24. The topological polar surface area (TPSA) is 15.3 Å². The smallest absolute Gasteiger partial charge is 0.314 e. The molecule has 1 heterocycles. The van der Waals surface area contributed by atoms with Crippen molar-refractivity contribution in [2.75, 3.05) is 26.2 Å². The summed E-state index contributed by atoms with van der Waals surface area (Å²) >= 11 is 0. The van der Waals surface area contributed by atoms with Gasteiger partial charge in [-0.3, -0.25) is 4.90 Å². The lowest BCUT2D eigenvalue weighted by atomic mass is 9.96. The predicted molar refractivity (Wildman–Crippen MR) is 92.5 cm³/mol. The molecule has 1 saturated heterocycles. The predicted octanol–water partition coefficient (Wildman–Crippen LogP) is 4.60. The Balaban J connectivity index is 0.00000264. The van der Waals surface area contributed by atoms with E-state index in [0.717, 1.165) is 37.8 Å². The summed E-state index contributed by atoms with van der Waals surface area (Å²) in [4.78, 5) is 2.08. The van der Waals surface area contributed by atoms with E-state index < -0.39 is 17.6 Å². The highest BCUT2D eigenvalue weighted by molar-refractivity contribution is 5.85. The minimum Gasteiger partial charge on any atom is -0.314 e. The summed E-state index contributed by atoms with van der Waals surface area (Å²) in [6, 6.07) is 2.51. The molecule has 0 radical (unpaired) electrons. The number of benzene rings is 1. The van der Waals surface area contributed by atoms with Crippen molar-refractivity contribution in [3.05, 3.63) is 47.3 Å². The molecule has 2 nitrogen and oxygen atoms in total. The molecule has 0 unspecified atom stereocenters. The fourth-order valence-electron chi connectivity index (χ4n) is 2.75. The molecule has 0 bridgehead atoms. The van der Waals surface area contributed by atoms with Crippen LogP contribution >= 0.6 is 24.8 Å². The molecule has 1 atom stereocenters. The Bertz CT molecular complexity index is 543. The van der Waals surface area contributed by atoms with Gasteiger partial charge in [0.2, 0.25) is 0 Å². The van der Waals surface area contributed by atoms with Gasteiger partial charge in [0.15, 0.2) is 0 Å². The Morgan fingerprint density at radius 2 is 1.79 bits per heavy atom. The molecule has 1 aliphatic rings. The maximum atomic E-state index is 13.7. The summed E-state index contributed by atoms with van der Waals surface area (Å²) in [6.45, 7) is 8.66. The van der Waals surface area contributed by atoms with Crippen molar-refractivity contribution in [1.82, 2.24) is 10.2 Å². The molecule has 2 rings (SSSR count). The first kappa shape index (κ1) is 23.2. The first-order chi connectivity index (χ1) is 10.3. The number of piperazine rings is 1. The first-order valence-corrected chi connectivity index (χ1v) is 7.24. The van der Waals surface area contributed by atoms with Gasteiger partial charge in [0.05, 0.1) is 5.56 Å². The van der Waals surface area contributed by atoms with E-state index in [1.807, 2.05) is 6.92 Å². The largest absolute Gasteiger partial charge is 0.416 e. The molecule has 0 aliphatic carbocycles. The Kier molecular flexibility index (Phi) is 9.28. The molecule has 0 amide bonds. The number of halogens is 6. The van der Waals surface area contributed by atoms with E-state index in [0.29, 0.717) is 18.1 Å². The maximum absolute atomic E-state index is 13.7. The Hall–Kier alpha value is -0.820. The van der Waals surface area contributed by atoms with Crippen LogP contribution in [0.1, 0.15) is 30.5 Å². The molecule has 8 heteroatoms. The first-order valence-electron chi connectivity index (χ1n) is 7.24. The summed E-state index contributed by atoms with van der Waals surface area (Å²) in [7, 11) is 0. The molecule has 1 aliphatic heterocycles. The van der Waals surface area contributed by atoms with Crippen molar-refractivity contribution in [3.8, 4) is 0 Å². The average Bonchev–Trinajstić information content (AvgIpc) is 2.44. The van der Waals surface area contributed by atoms with E-state index in [4.69, 9.17) is 0 Å². The molecule has 1 aromatic carbocycles. The molecule has 0 saturated carbocycles. The minimum atomic E-state index is -4.55.